The summed E-state index contributed by atoms with van der Waals surface area (Å²) in [5, 5.41) is 9.73. The molecule has 0 aliphatic heterocycles. The zero-order valence-corrected chi connectivity index (χ0v) is 14.8. The quantitative estimate of drug-likeness (QED) is 0.532. The highest BCUT2D eigenvalue weighted by Gasteiger charge is 2.32. The van der Waals surface area contributed by atoms with Crippen LogP contribution in [-0.2, 0) is 4.74 Å². The average Bonchev–Trinajstić information content (AvgIpc) is 3.03. The van der Waals surface area contributed by atoms with E-state index in [1.165, 1.54) is 35.9 Å². The molecular formula is C20H17NO6. The maximum Gasteiger partial charge on any atom is 0.356 e. The lowest BCUT2D eigenvalue weighted by Crippen LogP contribution is -2.15. The van der Waals surface area contributed by atoms with Crippen LogP contribution in [0.4, 0.5) is 0 Å². The van der Waals surface area contributed by atoms with E-state index in [1.807, 2.05) is 0 Å². The van der Waals surface area contributed by atoms with Gasteiger partial charge in [-0.1, -0.05) is 6.07 Å². The van der Waals surface area contributed by atoms with Crippen LogP contribution >= 0.6 is 0 Å². The van der Waals surface area contributed by atoms with Gasteiger partial charge in [0.05, 0.1) is 30.4 Å². The number of hydrogen-bond acceptors (Lipinski definition) is 5. The van der Waals surface area contributed by atoms with Crippen LogP contribution in [0.1, 0.15) is 43.7 Å². The first-order chi connectivity index (χ1) is 13.0. The second-order valence-electron chi connectivity index (χ2n) is 5.64. The fourth-order valence-electron chi connectivity index (χ4n) is 2.93. The Morgan fingerprint density at radius 2 is 1.74 bits per heavy atom. The Kier molecular flexibility index (Phi) is 4.94. The van der Waals surface area contributed by atoms with Crippen LogP contribution in [-0.4, -0.2) is 40.9 Å². The Balaban J connectivity index is 2.29. The number of carbonyl (C=O) groups is 3. The zero-order chi connectivity index (χ0) is 19.6. The van der Waals surface area contributed by atoms with E-state index in [0.29, 0.717) is 5.75 Å². The number of hydrogen-bond donors (Lipinski definition) is 1. The van der Waals surface area contributed by atoms with Gasteiger partial charge in [-0.05, 0) is 43.3 Å². The average molecular weight is 367 g/mol. The maximum absolute atomic E-state index is 13.1. The molecule has 3 rings (SSSR count). The molecule has 0 radical (unpaired) electrons. The van der Waals surface area contributed by atoms with Crippen LogP contribution in [0.3, 0.4) is 0 Å². The van der Waals surface area contributed by atoms with E-state index in [0.717, 1.165) is 0 Å². The van der Waals surface area contributed by atoms with E-state index < -0.39 is 17.7 Å². The standard InChI is InChI=1S/C20H17NO6/c1-3-27-20(25)17-16(18(22)12-7-9-13(26-2)10-8-12)15(19(23)24)14-6-4-5-11-21(14)17/h4-11H,3H2,1-2H3,(H,23,24). The zero-order valence-electron chi connectivity index (χ0n) is 14.8. The van der Waals surface area contributed by atoms with Crippen molar-refractivity contribution in [3.05, 3.63) is 71.0 Å². The number of rotatable bonds is 6. The summed E-state index contributed by atoms with van der Waals surface area (Å²) >= 11 is 0. The van der Waals surface area contributed by atoms with E-state index in [9.17, 15) is 19.5 Å². The first kappa shape index (κ1) is 18.2. The van der Waals surface area contributed by atoms with E-state index in [1.54, 1.807) is 31.2 Å². The molecule has 0 aliphatic rings. The van der Waals surface area contributed by atoms with Crippen LogP contribution in [0.15, 0.2) is 48.7 Å². The summed E-state index contributed by atoms with van der Waals surface area (Å²) in [7, 11) is 1.50. The largest absolute Gasteiger partial charge is 0.497 e. The van der Waals surface area contributed by atoms with Crippen LogP contribution in [0.5, 0.6) is 5.75 Å². The highest BCUT2D eigenvalue weighted by Crippen LogP contribution is 2.28. The number of ketones is 1. The topological polar surface area (TPSA) is 94.3 Å². The number of aromatic nitrogens is 1. The summed E-state index contributed by atoms with van der Waals surface area (Å²) in [6.07, 6.45) is 1.53. The number of methoxy groups -OCH3 is 1. The van der Waals surface area contributed by atoms with Gasteiger partial charge in [0, 0.05) is 11.8 Å². The second kappa shape index (κ2) is 7.33. The number of carboxylic acids is 1. The molecule has 27 heavy (non-hydrogen) atoms. The first-order valence-electron chi connectivity index (χ1n) is 8.21. The van der Waals surface area contributed by atoms with Crippen molar-refractivity contribution in [2.45, 2.75) is 6.92 Å². The lowest BCUT2D eigenvalue weighted by molar-refractivity contribution is 0.0515. The molecule has 138 valence electrons. The molecule has 7 nitrogen and oxygen atoms in total. The number of carboxylic acid groups (broad SMARTS) is 1. The summed E-state index contributed by atoms with van der Waals surface area (Å²) < 4.78 is 11.5. The molecular weight excluding hydrogens is 350 g/mol. The van der Waals surface area contributed by atoms with Crippen molar-refractivity contribution in [2.75, 3.05) is 13.7 Å². The Bertz CT molecular complexity index is 1030. The van der Waals surface area contributed by atoms with Crippen molar-refractivity contribution in [2.24, 2.45) is 0 Å². The number of ether oxygens (including phenoxy) is 2. The number of carbonyl (C=O) groups excluding carboxylic acids is 2. The summed E-state index contributed by atoms with van der Waals surface area (Å²) in [6.45, 7) is 1.73. The molecule has 3 aromatic rings. The van der Waals surface area contributed by atoms with Gasteiger partial charge in [-0.2, -0.15) is 0 Å². The van der Waals surface area contributed by atoms with Gasteiger partial charge in [-0.3, -0.25) is 4.79 Å². The van der Waals surface area contributed by atoms with Gasteiger partial charge in [0.15, 0.2) is 5.78 Å². The van der Waals surface area contributed by atoms with Gasteiger partial charge in [-0.25, -0.2) is 9.59 Å². The third-order valence-corrected chi connectivity index (χ3v) is 4.11. The van der Waals surface area contributed by atoms with E-state index >= 15 is 0 Å². The summed E-state index contributed by atoms with van der Waals surface area (Å²) in [5.74, 6) is -2.09. The Labute approximate surface area is 154 Å². The van der Waals surface area contributed by atoms with Crippen molar-refractivity contribution in [1.82, 2.24) is 4.40 Å². The van der Waals surface area contributed by atoms with Gasteiger partial charge in [-0.15, -0.1) is 0 Å². The number of aromatic carboxylic acids is 1. The number of nitrogens with zero attached hydrogens (tertiary/aromatic N) is 1. The molecule has 0 atom stereocenters. The minimum absolute atomic E-state index is 0.0947. The van der Waals surface area contributed by atoms with Crippen LogP contribution < -0.4 is 4.74 Å². The second-order valence-corrected chi connectivity index (χ2v) is 5.64. The molecule has 2 aromatic heterocycles. The van der Waals surface area contributed by atoms with E-state index in [-0.39, 0.29) is 34.5 Å². The van der Waals surface area contributed by atoms with E-state index in [2.05, 4.69) is 0 Å². The molecule has 0 aliphatic carbocycles. The van der Waals surface area contributed by atoms with Gasteiger partial charge < -0.3 is 19.0 Å². The molecule has 0 bridgehead atoms. The number of fused-ring (bicyclic) bond motifs is 1. The molecule has 0 saturated heterocycles. The van der Waals surface area contributed by atoms with Gasteiger partial charge >= 0.3 is 11.9 Å². The molecule has 0 fully saturated rings. The lowest BCUT2D eigenvalue weighted by atomic mass is 9.98. The SMILES string of the molecule is CCOC(=O)c1c(C(=O)c2ccc(OC)cc2)c(C(=O)O)c2ccccn12. The minimum atomic E-state index is -1.30. The van der Waals surface area contributed by atoms with Crippen LogP contribution in [0.2, 0.25) is 0 Å². The van der Waals surface area contributed by atoms with Gasteiger partial charge in [0.2, 0.25) is 0 Å². The Hall–Kier alpha value is -3.61. The van der Waals surface area contributed by atoms with E-state index in [4.69, 9.17) is 9.47 Å². The highest BCUT2D eigenvalue weighted by atomic mass is 16.5. The number of pyridine rings is 1. The molecule has 0 amide bonds. The predicted molar refractivity (Wildman–Crippen MR) is 96.7 cm³/mol. The predicted octanol–water partition coefficient (Wildman–Crippen LogP) is 3.05. The third-order valence-electron chi connectivity index (χ3n) is 4.11. The minimum Gasteiger partial charge on any atom is -0.497 e. The molecule has 7 heteroatoms. The van der Waals surface area contributed by atoms with Crippen molar-refractivity contribution in [3.63, 3.8) is 0 Å². The summed E-state index contributed by atoms with van der Waals surface area (Å²) in [5.41, 5.74) is -0.0628. The number of benzene rings is 1. The highest BCUT2D eigenvalue weighted by molar-refractivity contribution is 6.21. The number of esters is 1. The summed E-state index contributed by atoms with van der Waals surface area (Å²) in [4.78, 5) is 37.6. The normalized spacial score (nSPS) is 10.6. The molecule has 1 aromatic carbocycles. The fourth-order valence-corrected chi connectivity index (χ4v) is 2.93. The molecule has 2 heterocycles. The van der Waals surface area contributed by atoms with Crippen LogP contribution in [0.25, 0.3) is 5.52 Å². The van der Waals surface area contributed by atoms with Crippen molar-refractivity contribution >= 4 is 23.2 Å². The third kappa shape index (κ3) is 3.15. The van der Waals surface area contributed by atoms with Crippen molar-refractivity contribution < 1.29 is 29.0 Å². The molecule has 0 unspecified atom stereocenters. The van der Waals surface area contributed by atoms with Gasteiger partial charge in [0.1, 0.15) is 11.4 Å². The smallest absolute Gasteiger partial charge is 0.356 e. The summed E-state index contributed by atoms with van der Waals surface area (Å²) in [6, 6.07) is 11.0. The van der Waals surface area contributed by atoms with Gasteiger partial charge in [0.25, 0.3) is 0 Å². The molecule has 1 N–H and O–H groups in total. The maximum atomic E-state index is 13.1. The molecule has 0 saturated carbocycles. The van der Waals surface area contributed by atoms with Crippen molar-refractivity contribution in [1.29, 1.82) is 0 Å². The Morgan fingerprint density at radius 1 is 1.04 bits per heavy atom. The van der Waals surface area contributed by atoms with Crippen molar-refractivity contribution in [3.8, 4) is 5.75 Å². The molecule has 0 spiro atoms. The fraction of sp³-hybridized carbons (Fsp3) is 0.150. The lowest BCUT2D eigenvalue weighted by Gasteiger charge is -2.07. The first-order valence-corrected chi connectivity index (χ1v) is 8.21. The van der Waals surface area contributed by atoms with Crippen LogP contribution in [0, 0.1) is 0 Å². The monoisotopic (exact) mass is 367 g/mol. The Morgan fingerprint density at radius 3 is 2.33 bits per heavy atom.